The van der Waals surface area contributed by atoms with Crippen LogP contribution in [0.15, 0.2) is 60.7 Å². The highest BCUT2D eigenvalue weighted by Crippen LogP contribution is 2.33. The summed E-state index contributed by atoms with van der Waals surface area (Å²) in [5.41, 5.74) is 7.97. The van der Waals surface area contributed by atoms with Crippen molar-refractivity contribution in [2.24, 2.45) is 0 Å². The van der Waals surface area contributed by atoms with Crippen molar-refractivity contribution in [3.8, 4) is 33.6 Å². The molecular formula is C26H24N2O4. The van der Waals surface area contributed by atoms with Gasteiger partial charge in [0.15, 0.2) is 12.6 Å². The molecule has 0 radical (unpaired) electrons. The van der Waals surface area contributed by atoms with Gasteiger partial charge in [0.25, 0.3) is 0 Å². The molecular weight excluding hydrogens is 404 g/mol. The van der Waals surface area contributed by atoms with E-state index < -0.39 is 0 Å². The van der Waals surface area contributed by atoms with E-state index in [0.717, 1.165) is 57.3 Å². The summed E-state index contributed by atoms with van der Waals surface area (Å²) in [5, 5.41) is 0. The molecule has 0 spiro atoms. The van der Waals surface area contributed by atoms with E-state index in [0.29, 0.717) is 24.6 Å². The molecule has 2 heterocycles. The largest absolute Gasteiger partial charge is 0.380 e. The Labute approximate surface area is 186 Å². The Hall–Kier alpha value is -3.74. The van der Waals surface area contributed by atoms with E-state index in [1.165, 1.54) is 0 Å². The second-order valence-corrected chi connectivity index (χ2v) is 7.52. The second kappa shape index (κ2) is 9.60. The Balaban J connectivity index is 1.69. The Morgan fingerprint density at radius 3 is 1.34 bits per heavy atom. The molecule has 4 aromatic rings. The highest BCUT2D eigenvalue weighted by atomic mass is 16.5. The number of aldehydes is 2. The Morgan fingerprint density at radius 1 is 0.656 bits per heavy atom. The van der Waals surface area contributed by atoms with Crippen LogP contribution in [-0.4, -0.2) is 36.8 Å². The standard InChI is InChI=1S/C26H24N2O4/c1-31-15-17-3-7-19(8-4-17)21-11-23(27-25(21)13-29)24-12-22(26(14-30)28-24)20-9-5-18(6-10-20)16-32-2/h3-14,27-28H,15-16H2,1-2H3. The topological polar surface area (TPSA) is 84.2 Å². The number of benzene rings is 2. The fourth-order valence-electron chi connectivity index (χ4n) is 3.79. The number of carbonyl (C=O) groups is 2. The number of carbonyl (C=O) groups excluding carboxylic acids is 2. The van der Waals surface area contributed by atoms with E-state index in [1.807, 2.05) is 60.7 Å². The number of aromatic amines is 2. The maximum Gasteiger partial charge on any atom is 0.166 e. The minimum absolute atomic E-state index is 0.479. The van der Waals surface area contributed by atoms with Crippen LogP contribution in [0.4, 0.5) is 0 Å². The number of H-pyrrole nitrogens is 2. The summed E-state index contributed by atoms with van der Waals surface area (Å²) in [4.78, 5) is 29.8. The Bertz CT molecular complexity index is 1120. The van der Waals surface area contributed by atoms with Gasteiger partial charge in [-0.3, -0.25) is 9.59 Å². The zero-order chi connectivity index (χ0) is 22.5. The van der Waals surface area contributed by atoms with Crippen LogP contribution < -0.4 is 0 Å². The molecule has 0 atom stereocenters. The summed E-state index contributed by atoms with van der Waals surface area (Å²) < 4.78 is 10.3. The monoisotopic (exact) mass is 428 g/mol. The average Bonchev–Trinajstić information content (AvgIpc) is 3.45. The molecule has 2 N–H and O–H groups in total. The molecule has 0 bridgehead atoms. The first-order valence-electron chi connectivity index (χ1n) is 10.2. The van der Waals surface area contributed by atoms with E-state index in [2.05, 4.69) is 9.97 Å². The molecule has 0 aliphatic heterocycles. The molecule has 0 saturated heterocycles. The van der Waals surface area contributed by atoms with Crippen molar-refractivity contribution in [1.82, 2.24) is 9.97 Å². The zero-order valence-electron chi connectivity index (χ0n) is 18.0. The fourth-order valence-corrected chi connectivity index (χ4v) is 3.79. The highest BCUT2D eigenvalue weighted by Gasteiger charge is 2.16. The van der Waals surface area contributed by atoms with Crippen LogP contribution >= 0.6 is 0 Å². The molecule has 0 fully saturated rings. The van der Waals surface area contributed by atoms with Crippen LogP contribution in [0.1, 0.15) is 32.1 Å². The van der Waals surface area contributed by atoms with Crippen molar-refractivity contribution in [1.29, 1.82) is 0 Å². The molecule has 32 heavy (non-hydrogen) atoms. The summed E-state index contributed by atoms with van der Waals surface area (Å²) in [6.07, 6.45) is 1.61. The van der Waals surface area contributed by atoms with Crippen LogP contribution in [0, 0.1) is 0 Å². The molecule has 162 valence electrons. The molecule has 4 rings (SSSR count). The van der Waals surface area contributed by atoms with Gasteiger partial charge in [0.2, 0.25) is 0 Å². The van der Waals surface area contributed by atoms with Crippen LogP contribution in [0.25, 0.3) is 33.6 Å². The lowest BCUT2D eigenvalue weighted by Gasteiger charge is -2.02. The van der Waals surface area contributed by atoms with Gasteiger partial charge >= 0.3 is 0 Å². The fraction of sp³-hybridized carbons (Fsp3) is 0.154. The first-order valence-corrected chi connectivity index (χ1v) is 10.2. The predicted octanol–water partition coefficient (Wildman–Crippen LogP) is 5.26. The van der Waals surface area contributed by atoms with Gasteiger partial charge in [-0.15, -0.1) is 0 Å². The Morgan fingerprint density at radius 2 is 1.03 bits per heavy atom. The summed E-state index contributed by atoms with van der Waals surface area (Å²) in [6, 6.07) is 19.6. The van der Waals surface area contributed by atoms with Gasteiger partial charge in [0, 0.05) is 25.3 Å². The first-order chi connectivity index (χ1) is 15.7. The van der Waals surface area contributed by atoms with Crippen LogP contribution in [0.2, 0.25) is 0 Å². The van der Waals surface area contributed by atoms with E-state index in [-0.39, 0.29) is 0 Å². The molecule has 0 aliphatic carbocycles. The minimum atomic E-state index is 0.479. The molecule has 0 saturated carbocycles. The molecule has 2 aromatic heterocycles. The maximum absolute atomic E-state index is 11.7. The van der Waals surface area contributed by atoms with Gasteiger partial charge in [-0.2, -0.15) is 0 Å². The quantitative estimate of drug-likeness (QED) is 0.356. The molecule has 0 aliphatic rings. The molecule has 6 heteroatoms. The average molecular weight is 428 g/mol. The van der Waals surface area contributed by atoms with Crippen molar-refractivity contribution in [3.63, 3.8) is 0 Å². The van der Waals surface area contributed by atoms with Crippen molar-refractivity contribution in [3.05, 3.63) is 83.2 Å². The molecule has 0 unspecified atom stereocenters. The summed E-state index contributed by atoms with van der Waals surface area (Å²) in [5.74, 6) is 0. The van der Waals surface area contributed by atoms with Crippen molar-refractivity contribution < 1.29 is 19.1 Å². The third kappa shape index (κ3) is 4.32. The SMILES string of the molecule is COCc1ccc(-c2cc(-c3cc(-c4ccc(COC)cc4)c(C=O)[nH]3)[nH]c2C=O)cc1. The lowest BCUT2D eigenvalue weighted by Crippen LogP contribution is -1.88. The number of methoxy groups -OCH3 is 2. The normalized spacial score (nSPS) is 10.9. The number of rotatable bonds is 9. The van der Waals surface area contributed by atoms with Crippen molar-refractivity contribution in [2.75, 3.05) is 14.2 Å². The Kier molecular flexibility index (Phi) is 6.44. The van der Waals surface area contributed by atoms with E-state index in [1.54, 1.807) is 14.2 Å². The van der Waals surface area contributed by atoms with Crippen LogP contribution in [0.3, 0.4) is 0 Å². The van der Waals surface area contributed by atoms with Gasteiger partial charge < -0.3 is 19.4 Å². The van der Waals surface area contributed by atoms with E-state index in [4.69, 9.17) is 9.47 Å². The highest BCUT2D eigenvalue weighted by molar-refractivity contribution is 5.91. The lowest BCUT2D eigenvalue weighted by atomic mass is 10.0. The van der Waals surface area contributed by atoms with Crippen molar-refractivity contribution in [2.45, 2.75) is 13.2 Å². The van der Waals surface area contributed by atoms with Gasteiger partial charge in [0.05, 0.1) is 36.0 Å². The smallest absolute Gasteiger partial charge is 0.166 e. The first kappa shape index (κ1) is 21.5. The predicted molar refractivity (Wildman–Crippen MR) is 124 cm³/mol. The van der Waals surface area contributed by atoms with Crippen LogP contribution in [0.5, 0.6) is 0 Å². The summed E-state index contributed by atoms with van der Waals surface area (Å²) in [6.45, 7) is 1.07. The second-order valence-electron chi connectivity index (χ2n) is 7.52. The molecule has 2 aromatic carbocycles. The summed E-state index contributed by atoms with van der Waals surface area (Å²) >= 11 is 0. The van der Waals surface area contributed by atoms with Gasteiger partial charge in [0.1, 0.15) is 0 Å². The van der Waals surface area contributed by atoms with Gasteiger partial charge in [-0.25, -0.2) is 0 Å². The van der Waals surface area contributed by atoms with Gasteiger partial charge in [-0.1, -0.05) is 48.5 Å². The lowest BCUT2D eigenvalue weighted by molar-refractivity contribution is 0.111. The number of hydrogen-bond donors (Lipinski definition) is 2. The third-order valence-corrected chi connectivity index (χ3v) is 5.37. The summed E-state index contributed by atoms with van der Waals surface area (Å²) in [7, 11) is 3.31. The molecule has 6 nitrogen and oxygen atoms in total. The van der Waals surface area contributed by atoms with Gasteiger partial charge in [-0.05, 0) is 34.4 Å². The van der Waals surface area contributed by atoms with Crippen molar-refractivity contribution >= 4 is 12.6 Å². The van der Waals surface area contributed by atoms with Crippen LogP contribution in [-0.2, 0) is 22.7 Å². The van der Waals surface area contributed by atoms with E-state index in [9.17, 15) is 9.59 Å². The number of hydrogen-bond acceptors (Lipinski definition) is 4. The third-order valence-electron chi connectivity index (χ3n) is 5.37. The van der Waals surface area contributed by atoms with E-state index >= 15 is 0 Å². The number of nitrogens with one attached hydrogen (secondary N) is 2. The number of aromatic nitrogens is 2. The maximum atomic E-state index is 11.7. The minimum Gasteiger partial charge on any atom is -0.380 e. The molecule has 0 amide bonds. The number of ether oxygens (including phenoxy) is 2. The zero-order valence-corrected chi connectivity index (χ0v) is 18.0.